The Morgan fingerprint density at radius 1 is 1.11 bits per heavy atom. The summed E-state index contributed by atoms with van der Waals surface area (Å²) in [6, 6.07) is 9.29. The molecule has 146 valence electrons. The number of nitrogens with one attached hydrogen (secondary N) is 2. The molecule has 2 amide bonds. The van der Waals surface area contributed by atoms with Crippen LogP contribution >= 0.6 is 34.3 Å². The van der Waals surface area contributed by atoms with Crippen LogP contribution in [0.1, 0.15) is 20.8 Å². The van der Waals surface area contributed by atoms with Crippen molar-refractivity contribution in [2.24, 2.45) is 0 Å². The van der Waals surface area contributed by atoms with Crippen molar-refractivity contribution in [1.29, 1.82) is 0 Å². The molecule has 0 spiro atoms. The fourth-order valence-corrected chi connectivity index (χ4v) is 4.09. The van der Waals surface area contributed by atoms with Crippen molar-refractivity contribution in [3.05, 3.63) is 57.4 Å². The average Bonchev–Trinajstić information content (AvgIpc) is 3.28. The zero-order valence-electron chi connectivity index (χ0n) is 13.8. The third-order valence-electron chi connectivity index (χ3n) is 3.39. The maximum atomic E-state index is 12.5. The lowest BCUT2D eigenvalue weighted by Gasteiger charge is -2.12. The number of rotatable bonds is 5. The Balaban J connectivity index is 1.74. The molecule has 0 saturated carbocycles. The van der Waals surface area contributed by atoms with Gasteiger partial charge >= 0.3 is 6.18 Å². The number of nitrogens with zero attached hydrogens (tertiary/aromatic N) is 1. The number of hydrogen-bond donors (Lipinski definition) is 2. The smallest absolute Gasteiger partial charge is 0.343 e. The molecule has 0 aliphatic rings. The predicted molar refractivity (Wildman–Crippen MR) is 103 cm³/mol. The highest BCUT2D eigenvalue weighted by atomic mass is 35.5. The first-order valence-corrected chi connectivity index (χ1v) is 9.77. The van der Waals surface area contributed by atoms with Gasteiger partial charge in [0.25, 0.3) is 11.8 Å². The quantitative estimate of drug-likeness (QED) is 0.576. The summed E-state index contributed by atoms with van der Waals surface area (Å²) in [6.45, 7) is -1.47. The highest BCUT2D eigenvalue weighted by Crippen LogP contribution is 2.33. The first-order valence-electron chi connectivity index (χ1n) is 7.69. The maximum absolute atomic E-state index is 12.5. The van der Waals surface area contributed by atoms with Gasteiger partial charge in [-0.1, -0.05) is 23.7 Å². The third-order valence-corrected chi connectivity index (χ3v) is 5.63. The Kier molecular flexibility index (Phi) is 6.01. The van der Waals surface area contributed by atoms with Crippen LogP contribution in [0.15, 0.2) is 41.8 Å². The number of amides is 2. The van der Waals surface area contributed by atoms with Crippen molar-refractivity contribution >= 4 is 51.8 Å². The highest BCUT2D eigenvalue weighted by molar-refractivity contribution is 7.23. The zero-order valence-corrected chi connectivity index (χ0v) is 16.2. The average molecular weight is 446 g/mol. The van der Waals surface area contributed by atoms with E-state index < -0.39 is 24.5 Å². The van der Waals surface area contributed by atoms with E-state index in [0.29, 0.717) is 9.34 Å². The Morgan fingerprint density at radius 3 is 2.54 bits per heavy atom. The number of benzene rings is 1. The predicted octanol–water partition coefficient (Wildman–Crippen LogP) is 5.07. The van der Waals surface area contributed by atoms with Crippen molar-refractivity contribution in [3.63, 3.8) is 0 Å². The fourth-order valence-electron chi connectivity index (χ4n) is 2.17. The van der Waals surface area contributed by atoms with Crippen LogP contribution in [-0.2, 0) is 0 Å². The van der Waals surface area contributed by atoms with Crippen LogP contribution < -0.4 is 10.6 Å². The summed E-state index contributed by atoms with van der Waals surface area (Å²) in [7, 11) is 0. The molecule has 0 aliphatic carbocycles. The molecular formula is C17H11ClF3N3O2S2. The summed E-state index contributed by atoms with van der Waals surface area (Å²) in [5.74, 6) is -1.53. The van der Waals surface area contributed by atoms with Gasteiger partial charge in [-0.05, 0) is 24.3 Å². The molecular weight excluding hydrogens is 435 g/mol. The van der Waals surface area contributed by atoms with Crippen LogP contribution in [0.4, 0.5) is 18.9 Å². The third kappa shape index (κ3) is 5.09. The number of alkyl halides is 3. The van der Waals surface area contributed by atoms with E-state index in [1.54, 1.807) is 28.9 Å². The number of aromatic nitrogens is 1. The van der Waals surface area contributed by atoms with Gasteiger partial charge < -0.3 is 10.6 Å². The van der Waals surface area contributed by atoms with Gasteiger partial charge in [0.05, 0.1) is 20.5 Å². The molecule has 0 bridgehead atoms. The Bertz CT molecular complexity index is 1020. The van der Waals surface area contributed by atoms with Gasteiger partial charge in [-0.15, -0.1) is 22.7 Å². The second-order valence-corrected chi connectivity index (χ2v) is 8.01. The van der Waals surface area contributed by atoms with Crippen LogP contribution in [0.25, 0.3) is 9.88 Å². The molecule has 0 aliphatic heterocycles. The second kappa shape index (κ2) is 8.29. The highest BCUT2D eigenvalue weighted by Gasteiger charge is 2.28. The van der Waals surface area contributed by atoms with E-state index in [1.807, 2.05) is 0 Å². The number of halogens is 4. The molecule has 11 heteroatoms. The standard InChI is InChI=1S/C17H11ClF3N3O2S2/c18-13-6-5-12(28-13)16-24-11(7-27-16)15(26)23-10-4-2-1-3-9(10)14(25)22-8-17(19,20)21/h1-7H,8H2,(H,22,25)(H,23,26). The molecule has 0 fully saturated rings. The molecule has 5 nitrogen and oxygen atoms in total. The van der Waals surface area contributed by atoms with Gasteiger partial charge in [-0.25, -0.2) is 4.98 Å². The SMILES string of the molecule is O=C(Nc1ccccc1C(=O)NCC(F)(F)F)c1csc(-c2ccc(Cl)s2)n1. The van der Waals surface area contributed by atoms with Crippen molar-refractivity contribution in [1.82, 2.24) is 10.3 Å². The summed E-state index contributed by atoms with van der Waals surface area (Å²) >= 11 is 8.47. The summed E-state index contributed by atoms with van der Waals surface area (Å²) in [4.78, 5) is 29.5. The van der Waals surface area contributed by atoms with E-state index in [1.165, 1.54) is 40.9 Å². The van der Waals surface area contributed by atoms with Gasteiger partial charge in [0.15, 0.2) is 0 Å². The number of thiazole rings is 1. The Hall–Kier alpha value is -2.43. The fraction of sp³-hybridized carbons (Fsp3) is 0.118. The maximum Gasteiger partial charge on any atom is 0.405 e. The molecule has 0 atom stereocenters. The first kappa shape index (κ1) is 20.3. The van der Waals surface area contributed by atoms with Gasteiger partial charge in [-0.2, -0.15) is 13.2 Å². The van der Waals surface area contributed by atoms with E-state index >= 15 is 0 Å². The van der Waals surface area contributed by atoms with Gasteiger partial charge in [0, 0.05) is 5.38 Å². The summed E-state index contributed by atoms with van der Waals surface area (Å²) in [5.41, 5.74) is 0.122. The number of para-hydroxylation sites is 1. The van der Waals surface area contributed by atoms with E-state index in [-0.39, 0.29) is 16.9 Å². The zero-order chi connectivity index (χ0) is 20.3. The summed E-state index contributed by atoms with van der Waals surface area (Å²) in [6.07, 6.45) is -4.53. The molecule has 0 unspecified atom stereocenters. The molecule has 28 heavy (non-hydrogen) atoms. The Morgan fingerprint density at radius 2 is 1.86 bits per heavy atom. The van der Waals surface area contributed by atoms with E-state index in [0.717, 1.165) is 4.88 Å². The number of hydrogen-bond acceptors (Lipinski definition) is 5. The second-order valence-electron chi connectivity index (χ2n) is 5.44. The lowest BCUT2D eigenvalue weighted by molar-refractivity contribution is -0.123. The summed E-state index contributed by atoms with van der Waals surface area (Å²) in [5, 5.41) is 6.45. The van der Waals surface area contributed by atoms with Crippen molar-refractivity contribution in [3.8, 4) is 9.88 Å². The minimum atomic E-state index is -4.53. The molecule has 3 aromatic rings. The minimum absolute atomic E-state index is 0.0828. The monoisotopic (exact) mass is 445 g/mol. The number of anilines is 1. The summed E-state index contributed by atoms with van der Waals surface area (Å²) < 4.78 is 37.5. The molecule has 3 rings (SSSR count). The van der Waals surface area contributed by atoms with Crippen LogP contribution in [0.5, 0.6) is 0 Å². The van der Waals surface area contributed by atoms with E-state index in [2.05, 4.69) is 10.3 Å². The van der Waals surface area contributed by atoms with Gasteiger partial charge in [0.1, 0.15) is 17.2 Å². The molecule has 2 heterocycles. The van der Waals surface area contributed by atoms with Crippen LogP contribution in [0, 0.1) is 0 Å². The van der Waals surface area contributed by atoms with Crippen molar-refractivity contribution < 1.29 is 22.8 Å². The first-order chi connectivity index (χ1) is 13.2. The van der Waals surface area contributed by atoms with Crippen LogP contribution in [0.3, 0.4) is 0 Å². The molecule has 2 aromatic heterocycles. The number of carbonyl (C=O) groups excluding carboxylic acids is 2. The minimum Gasteiger partial charge on any atom is -0.343 e. The lowest BCUT2D eigenvalue weighted by atomic mass is 10.1. The topological polar surface area (TPSA) is 71.1 Å². The van der Waals surface area contributed by atoms with E-state index in [4.69, 9.17) is 11.6 Å². The number of thiophene rings is 1. The Labute approximate surface area is 170 Å². The van der Waals surface area contributed by atoms with Crippen LogP contribution in [-0.4, -0.2) is 29.5 Å². The lowest BCUT2D eigenvalue weighted by Crippen LogP contribution is -2.34. The molecule has 2 N–H and O–H groups in total. The van der Waals surface area contributed by atoms with Gasteiger partial charge in [0.2, 0.25) is 0 Å². The van der Waals surface area contributed by atoms with Gasteiger partial charge in [-0.3, -0.25) is 9.59 Å². The van der Waals surface area contributed by atoms with E-state index in [9.17, 15) is 22.8 Å². The van der Waals surface area contributed by atoms with Crippen LogP contribution in [0.2, 0.25) is 4.34 Å². The molecule has 1 aromatic carbocycles. The van der Waals surface area contributed by atoms with Crippen molar-refractivity contribution in [2.75, 3.05) is 11.9 Å². The number of carbonyl (C=O) groups is 2. The largest absolute Gasteiger partial charge is 0.405 e. The molecule has 0 radical (unpaired) electrons. The normalized spacial score (nSPS) is 11.3. The van der Waals surface area contributed by atoms with Crippen molar-refractivity contribution in [2.45, 2.75) is 6.18 Å². The molecule has 0 saturated heterocycles.